The van der Waals surface area contributed by atoms with Crippen LogP contribution in [0, 0.1) is 0 Å². The quantitative estimate of drug-likeness (QED) is 0.762. The lowest BCUT2D eigenvalue weighted by Crippen LogP contribution is -2.48. The topological polar surface area (TPSA) is 24.5 Å². The van der Waals surface area contributed by atoms with Crippen LogP contribution in [0.1, 0.15) is 32.6 Å². The largest absolute Gasteiger partial charge is 0.379 e. The van der Waals surface area contributed by atoms with Crippen LogP contribution in [0.3, 0.4) is 0 Å². The Bertz CT molecular complexity index is 178. The fourth-order valence-electron chi connectivity index (χ4n) is 2.91. The highest BCUT2D eigenvalue weighted by atomic mass is 16.5. The Kier molecular flexibility index (Phi) is 4.42. The molecule has 0 aromatic rings. The van der Waals surface area contributed by atoms with Gasteiger partial charge in [0.2, 0.25) is 0 Å². The summed E-state index contributed by atoms with van der Waals surface area (Å²) < 4.78 is 5.41. The predicted octanol–water partition coefficient (Wildman–Crippen LogP) is 1.24. The van der Waals surface area contributed by atoms with Crippen molar-refractivity contribution in [2.75, 3.05) is 32.8 Å². The standard InChI is InChI=1S/C12H24N2O/c1-2-13-11-4-3-5-12(10-11)14-6-8-15-9-7-14/h11-13H,2-10H2,1H3. The van der Waals surface area contributed by atoms with Crippen molar-refractivity contribution in [2.24, 2.45) is 0 Å². The molecule has 1 saturated heterocycles. The molecule has 0 amide bonds. The predicted molar refractivity (Wildman–Crippen MR) is 62.1 cm³/mol. The number of hydrogen-bond donors (Lipinski definition) is 1. The average Bonchev–Trinajstić information content (AvgIpc) is 2.31. The van der Waals surface area contributed by atoms with Crippen molar-refractivity contribution in [2.45, 2.75) is 44.7 Å². The first-order valence-electron chi connectivity index (χ1n) is 6.45. The van der Waals surface area contributed by atoms with Crippen LogP contribution >= 0.6 is 0 Å². The Morgan fingerprint density at radius 1 is 1.27 bits per heavy atom. The molecule has 1 saturated carbocycles. The molecule has 15 heavy (non-hydrogen) atoms. The van der Waals surface area contributed by atoms with E-state index >= 15 is 0 Å². The third-order valence-electron chi connectivity index (χ3n) is 3.70. The molecule has 0 aromatic heterocycles. The summed E-state index contributed by atoms with van der Waals surface area (Å²) in [6.07, 6.45) is 5.49. The zero-order valence-electron chi connectivity index (χ0n) is 9.87. The van der Waals surface area contributed by atoms with Crippen molar-refractivity contribution < 1.29 is 4.74 Å². The van der Waals surface area contributed by atoms with E-state index in [1.54, 1.807) is 0 Å². The molecule has 0 aromatic carbocycles. The minimum Gasteiger partial charge on any atom is -0.379 e. The maximum Gasteiger partial charge on any atom is 0.0594 e. The van der Waals surface area contributed by atoms with Crippen LogP contribution in [0.25, 0.3) is 0 Å². The number of hydrogen-bond acceptors (Lipinski definition) is 3. The SMILES string of the molecule is CCNC1CCCC(N2CCOCC2)C1. The lowest BCUT2D eigenvalue weighted by molar-refractivity contribution is 0.00552. The summed E-state index contributed by atoms with van der Waals surface area (Å²) in [5.41, 5.74) is 0. The van der Waals surface area contributed by atoms with Crippen LogP contribution in [0.4, 0.5) is 0 Å². The summed E-state index contributed by atoms with van der Waals surface area (Å²) in [5.74, 6) is 0. The Balaban J connectivity index is 1.80. The van der Waals surface area contributed by atoms with Gasteiger partial charge in [-0.2, -0.15) is 0 Å². The van der Waals surface area contributed by atoms with Crippen molar-refractivity contribution >= 4 is 0 Å². The van der Waals surface area contributed by atoms with E-state index < -0.39 is 0 Å². The van der Waals surface area contributed by atoms with Gasteiger partial charge in [-0.15, -0.1) is 0 Å². The molecule has 1 aliphatic heterocycles. The number of rotatable bonds is 3. The molecular formula is C12H24N2O. The molecule has 0 bridgehead atoms. The summed E-state index contributed by atoms with van der Waals surface area (Å²) in [6, 6.07) is 1.57. The van der Waals surface area contributed by atoms with Crippen molar-refractivity contribution in [3.05, 3.63) is 0 Å². The third-order valence-corrected chi connectivity index (χ3v) is 3.70. The molecule has 1 N–H and O–H groups in total. The summed E-state index contributed by atoms with van der Waals surface area (Å²) in [5, 5.41) is 3.60. The van der Waals surface area contributed by atoms with E-state index in [0.29, 0.717) is 0 Å². The monoisotopic (exact) mass is 212 g/mol. The van der Waals surface area contributed by atoms with Gasteiger partial charge in [0.15, 0.2) is 0 Å². The molecule has 2 fully saturated rings. The van der Waals surface area contributed by atoms with E-state index in [1.807, 2.05) is 0 Å². The van der Waals surface area contributed by atoms with Crippen LogP contribution in [0.15, 0.2) is 0 Å². The van der Waals surface area contributed by atoms with Crippen molar-refractivity contribution in [3.8, 4) is 0 Å². The molecule has 2 atom stereocenters. The van der Waals surface area contributed by atoms with Crippen LogP contribution in [0.2, 0.25) is 0 Å². The maximum absolute atomic E-state index is 5.41. The highest BCUT2D eigenvalue weighted by Gasteiger charge is 2.26. The summed E-state index contributed by atoms with van der Waals surface area (Å²) in [6.45, 7) is 7.47. The first-order chi connectivity index (χ1) is 7.40. The minimum atomic E-state index is 0.761. The first-order valence-corrected chi connectivity index (χ1v) is 6.45. The molecule has 1 heterocycles. The van der Waals surface area contributed by atoms with Crippen LogP contribution in [-0.4, -0.2) is 49.8 Å². The zero-order valence-corrected chi connectivity index (χ0v) is 9.87. The lowest BCUT2D eigenvalue weighted by Gasteiger charge is -2.39. The third kappa shape index (κ3) is 3.16. The molecule has 1 aliphatic carbocycles. The van der Waals surface area contributed by atoms with Crippen LogP contribution in [0.5, 0.6) is 0 Å². The van der Waals surface area contributed by atoms with E-state index in [9.17, 15) is 0 Å². The van der Waals surface area contributed by atoms with Gasteiger partial charge in [0.1, 0.15) is 0 Å². The van der Waals surface area contributed by atoms with Gasteiger partial charge < -0.3 is 10.1 Å². The summed E-state index contributed by atoms with van der Waals surface area (Å²) >= 11 is 0. The smallest absolute Gasteiger partial charge is 0.0594 e. The van der Waals surface area contributed by atoms with E-state index in [4.69, 9.17) is 4.74 Å². The summed E-state index contributed by atoms with van der Waals surface area (Å²) in [7, 11) is 0. The Morgan fingerprint density at radius 2 is 2.07 bits per heavy atom. The fraction of sp³-hybridized carbons (Fsp3) is 1.00. The highest BCUT2D eigenvalue weighted by molar-refractivity contribution is 4.84. The molecule has 2 aliphatic rings. The molecule has 3 heteroatoms. The van der Waals surface area contributed by atoms with Gasteiger partial charge in [-0.25, -0.2) is 0 Å². The van der Waals surface area contributed by atoms with Gasteiger partial charge in [-0.1, -0.05) is 13.3 Å². The number of morpholine rings is 1. The molecule has 88 valence electrons. The van der Waals surface area contributed by atoms with E-state index in [1.165, 1.54) is 25.7 Å². The Labute approximate surface area is 93.2 Å². The van der Waals surface area contributed by atoms with Crippen molar-refractivity contribution in [1.29, 1.82) is 0 Å². The van der Waals surface area contributed by atoms with Gasteiger partial charge in [0, 0.05) is 25.2 Å². The number of nitrogens with zero attached hydrogens (tertiary/aromatic N) is 1. The summed E-state index contributed by atoms with van der Waals surface area (Å²) in [4.78, 5) is 2.63. The molecule has 0 radical (unpaired) electrons. The fourth-order valence-corrected chi connectivity index (χ4v) is 2.91. The highest BCUT2D eigenvalue weighted by Crippen LogP contribution is 2.23. The van der Waals surface area contributed by atoms with Crippen LogP contribution < -0.4 is 5.32 Å². The van der Waals surface area contributed by atoms with Gasteiger partial charge in [-0.3, -0.25) is 4.90 Å². The molecule has 0 spiro atoms. The number of ether oxygens (including phenoxy) is 1. The van der Waals surface area contributed by atoms with Gasteiger partial charge in [0.05, 0.1) is 13.2 Å². The second-order valence-electron chi connectivity index (χ2n) is 4.72. The van der Waals surface area contributed by atoms with Gasteiger partial charge >= 0.3 is 0 Å². The van der Waals surface area contributed by atoms with Crippen LogP contribution in [-0.2, 0) is 4.74 Å². The Morgan fingerprint density at radius 3 is 2.80 bits per heavy atom. The number of nitrogens with one attached hydrogen (secondary N) is 1. The normalized spacial score (nSPS) is 34.2. The first kappa shape index (κ1) is 11.4. The van der Waals surface area contributed by atoms with E-state index in [-0.39, 0.29) is 0 Å². The second-order valence-corrected chi connectivity index (χ2v) is 4.72. The zero-order chi connectivity index (χ0) is 10.5. The molecule has 3 nitrogen and oxygen atoms in total. The molecule has 2 unspecified atom stereocenters. The molecule has 2 rings (SSSR count). The van der Waals surface area contributed by atoms with Crippen molar-refractivity contribution in [1.82, 2.24) is 10.2 Å². The average molecular weight is 212 g/mol. The van der Waals surface area contributed by atoms with Gasteiger partial charge in [0.25, 0.3) is 0 Å². The lowest BCUT2D eigenvalue weighted by atomic mass is 9.89. The van der Waals surface area contributed by atoms with E-state index in [0.717, 1.165) is 44.9 Å². The Hall–Kier alpha value is -0.120. The van der Waals surface area contributed by atoms with E-state index in [2.05, 4.69) is 17.1 Å². The van der Waals surface area contributed by atoms with Crippen molar-refractivity contribution in [3.63, 3.8) is 0 Å². The minimum absolute atomic E-state index is 0.761. The maximum atomic E-state index is 5.41. The van der Waals surface area contributed by atoms with Gasteiger partial charge in [-0.05, 0) is 25.8 Å². The molecular weight excluding hydrogens is 188 g/mol. The second kappa shape index (κ2) is 5.83.